The van der Waals surface area contributed by atoms with E-state index in [1.165, 1.54) is 12.1 Å². The van der Waals surface area contributed by atoms with Crippen LogP contribution in [0.2, 0.25) is 0 Å². The van der Waals surface area contributed by atoms with Gasteiger partial charge in [0.2, 0.25) is 5.89 Å². The van der Waals surface area contributed by atoms with Gasteiger partial charge in [-0.15, -0.1) is 0 Å². The van der Waals surface area contributed by atoms with Crippen molar-refractivity contribution in [2.45, 2.75) is 0 Å². The number of carbonyl (C=O) groups excluding carboxylic acids is 2. The van der Waals surface area contributed by atoms with Crippen molar-refractivity contribution in [2.24, 2.45) is 0 Å². The number of amides is 2. The van der Waals surface area contributed by atoms with E-state index in [0.717, 1.165) is 4.90 Å². The summed E-state index contributed by atoms with van der Waals surface area (Å²) in [6.45, 7) is 0. The van der Waals surface area contributed by atoms with E-state index in [1.54, 1.807) is 54.6 Å². The highest BCUT2D eigenvalue weighted by atomic mass is 19.1. The zero-order valence-corrected chi connectivity index (χ0v) is 13.8. The van der Waals surface area contributed by atoms with Gasteiger partial charge in [0, 0.05) is 11.6 Å². The molecule has 0 saturated heterocycles. The average Bonchev–Trinajstić information content (AvgIpc) is 3.21. The second kappa shape index (κ2) is 5.60. The number of halogens is 1. The van der Waals surface area contributed by atoms with Crippen LogP contribution >= 0.6 is 0 Å². The number of benzene rings is 3. The minimum atomic E-state index is -0.388. The summed E-state index contributed by atoms with van der Waals surface area (Å²) in [5.74, 6) is -0.870. The highest BCUT2D eigenvalue weighted by Gasteiger charge is 2.36. The van der Waals surface area contributed by atoms with Gasteiger partial charge in [0.25, 0.3) is 11.8 Å². The van der Waals surface area contributed by atoms with Crippen molar-refractivity contribution in [3.05, 3.63) is 83.7 Å². The normalized spacial score (nSPS) is 13.4. The van der Waals surface area contributed by atoms with Crippen molar-refractivity contribution < 1.29 is 18.4 Å². The van der Waals surface area contributed by atoms with E-state index in [2.05, 4.69) is 4.98 Å². The first-order chi connectivity index (χ1) is 13.1. The van der Waals surface area contributed by atoms with Crippen molar-refractivity contribution in [1.29, 1.82) is 0 Å². The summed E-state index contributed by atoms with van der Waals surface area (Å²) in [7, 11) is 0. The van der Waals surface area contributed by atoms with Gasteiger partial charge in [-0.2, -0.15) is 0 Å². The molecule has 2 heterocycles. The largest absolute Gasteiger partial charge is 0.436 e. The molecule has 0 bridgehead atoms. The van der Waals surface area contributed by atoms with E-state index < -0.39 is 0 Å². The van der Waals surface area contributed by atoms with Crippen molar-refractivity contribution >= 4 is 28.6 Å². The van der Waals surface area contributed by atoms with E-state index in [1.807, 2.05) is 0 Å². The van der Waals surface area contributed by atoms with Gasteiger partial charge in [-0.1, -0.05) is 18.2 Å². The summed E-state index contributed by atoms with van der Waals surface area (Å²) in [6.07, 6.45) is 0. The average molecular weight is 358 g/mol. The molecule has 4 aromatic rings. The van der Waals surface area contributed by atoms with Crippen molar-refractivity contribution in [3.63, 3.8) is 0 Å². The molecule has 2 amide bonds. The third kappa shape index (κ3) is 2.34. The molecule has 27 heavy (non-hydrogen) atoms. The number of fused-ring (bicyclic) bond motifs is 2. The summed E-state index contributed by atoms with van der Waals surface area (Å²) in [6, 6.07) is 17.5. The maximum absolute atomic E-state index is 13.4. The highest BCUT2D eigenvalue weighted by molar-refractivity contribution is 6.34. The molecule has 6 heteroatoms. The molecule has 5 nitrogen and oxygen atoms in total. The van der Waals surface area contributed by atoms with Crippen LogP contribution < -0.4 is 4.90 Å². The lowest BCUT2D eigenvalue weighted by Crippen LogP contribution is -2.29. The minimum absolute atomic E-state index is 0.268. The highest BCUT2D eigenvalue weighted by Crippen LogP contribution is 2.32. The van der Waals surface area contributed by atoms with E-state index in [0.29, 0.717) is 33.5 Å². The van der Waals surface area contributed by atoms with E-state index in [4.69, 9.17) is 4.42 Å². The van der Waals surface area contributed by atoms with Gasteiger partial charge in [0.1, 0.15) is 11.3 Å². The van der Waals surface area contributed by atoms with Crippen LogP contribution in [0, 0.1) is 5.82 Å². The predicted molar refractivity (Wildman–Crippen MR) is 97.0 cm³/mol. The van der Waals surface area contributed by atoms with Crippen molar-refractivity contribution in [1.82, 2.24) is 4.98 Å². The summed E-state index contributed by atoms with van der Waals surface area (Å²) in [4.78, 5) is 30.7. The van der Waals surface area contributed by atoms with Gasteiger partial charge in [-0.25, -0.2) is 14.3 Å². The van der Waals surface area contributed by atoms with Gasteiger partial charge in [-0.3, -0.25) is 9.59 Å². The van der Waals surface area contributed by atoms with Crippen LogP contribution in [0.5, 0.6) is 0 Å². The Hall–Kier alpha value is -3.80. The third-order valence-electron chi connectivity index (χ3n) is 4.50. The van der Waals surface area contributed by atoms with Gasteiger partial charge < -0.3 is 4.42 Å². The summed E-state index contributed by atoms with van der Waals surface area (Å²) >= 11 is 0. The molecule has 0 saturated carbocycles. The first-order valence-electron chi connectivity index (χ1n) is 8.26. The third-order valence-corrected chi connectivity index (χ3v) is 4.50. The van der Waals surface area contributed by atoms with Crippen LogP contribution in [0.3, 0.4) is 0 Å². The molecule has 0 fully saturated rings. The van der Waals surface area contributed by atoms with Crippen LogP contribution in [-0.2, 0) is 0 Å². The number of imide groups is 1. The molecule has 130 valence electrons. The molecule has 0 N–H and O–H groups in total. The van der Waals surface area contributed by atoms with Crippen molar-refractivity contribution in [3.8, 4) is 11.5 Å². The monoisotopic (exact) mass is 358 g/mol. The SMILES string of the molecule is O=C1c2ccccc2C(=O)N1c1ccc2nc(-c3cccc(F)c3)oc2c1. The first kappa shape index (κ1) is 15.5. The lowest BCUT2D eigenvalue weighted by molar-refractivity contribution is 0.0926. The summed E-state index contributed by atoms with van der Waals surface area (Å²) < 4.78 is 19.2. The first-order valence-corrected chi connectivity index (χ1v) is 8.26. The fraction of sp³-hybridized carbons (Fsp3) is 0. The standard InChI is InChI=1S/C21H11FN2O3/c22-13-5-3-4-12(10-13)19-23-17-9-8-14(11-18(17)27-19)24-20(25)15-6-1-2-7-16(15)21(24)26/h1-11H. The number of carbonyl (C=O) groups is 2. The van der Waals surface area contributed by atoms with Crippen LogP contribution in [0.1, 0.15) is 20.7 Å². The molecule has 5 rings (SSSR count). The lowest BCUT2D eigenvalue weighted by atomic mass is 10.1. The van der Waals surface area contributed by atoms with Crippen LogP contribution in [0.15, 0.2) is 71.1 Å². The zero-order chi connectivity index (χ0) is 18.5. The molecule has 1 aliphatic rings. The zero-order valence-electron chi connectivity index (χ0n) is 13.8. The fourth-order valence-corrected chi connectivity index (χ4v) is 3.22. The topological polar surface area (TPSA) is 63.4 Å². The molecule has 0 spiro atoms. The van der Waals surface area contributed by atoms with E-state index >= 15 is 0 Å². The summed E-state index contributed by atoms with van der Waals surface area (Å²) in [5.41, 5.74) is 2.61. The molecule has 3 aromatic carbocycles. The Labute approximate surface area is 152 Å². The molecule has 0 atom stereocenters. The summed E-state index contributed by atoms with van der Waals surface area (Å²) in [5, 5.41) is 0. The molecule has 0 aliphatic carbocycles. The maximum atomic E-state index is 13.4. The Balaban J connectivity index is 1.58. The molecular weight excluding hydrogens is 347 g/mol. The Bertz CT molecular complexity index is 1210. The van der Waals surface area contributed by atoms with E-state index in [9.17, 15) is 14.0 Å². The second-order valence-electron chi connectivity index (χ2n) is 6.17. The Morgan fingerprint density at radius 1 is 0.852 bits per heavy atom. The number of hydrogen-bond donors (Lipinski definition) is 0. The molecule has 0 unspecified atom stereocenters. The van der Waals surface area contributed by atoms with Crippen LogP contribution in [0.25, 0.3) is 22.6 Å². The van der Waals surface area contributed by atoms with Gasteiger partial charge in [0.15, 0.2) is 5.58 Å². The Morgan fingerprint density at radius 3 is 2.30 bits per heavy atom. The molecule has 1 aromatic heterocycles. The number of nitrogens with zero attached hydrogens (tertiary/aromatic N) is 2. The lowest BCUT2D eigenvalue weighted by Gasteiger charge is -2.13. The number of aromatic nitrogens is 1. The second-order valence-corrected chi connectivity index (χ2v) is 6.17. The smallest absolute Gasteiger partial charge is 0.266 e. The molecular formula is C21H11FN2O3. The molecule has 0 radical (unpaired) electrons. The van der Waals surface area contributed by atoms with Crippen LogP contribution in [0.4, 0.5) is 10.1 Å². The van der Waals surface area contributed by atoms with Crippen LogP contribution in [-0.4, -0.2) is 16.8 Å². The minimum Gasteiger partial charge on any atom is -0.436 e. The Morgan fingerprint density at radius 2 is 1.59 bits per heavy atom. The number of anilines is 1. The van der Waals surface area contributed by atoms with Crippen molar-refractivity contribution in [2.75, 3.05) is 4.90 Å². The predicted octanol–water partition coefficient (Wildman–Crippen LogP) is 4.43. The Kier molecular flexibility index (Phi) is 3.21. The van der Waals surface area contributed by atoms with E-state index in [-0.39, 0.29) is 23.5 Å². The number of oxazole rings is 1. The van der Waals surface area contributed by atoms with Gasteiger partial charge >= 0.3 is 0 Å². The van der Waals surface area contributed by atoms with Gasteiger partial charge in [0.05, 0.1) is 16.8 Å². The van der Waals surface area contributed by atoms with Gasteiger partial charge in [-0.05, 0) is 42.5 Å². The number of rotatable bonds is 2. The maximum Gasteiger partial charge on any atom is 0.266 e. The number of hydrogen-bond acceptors (Lipinski definition) is 4. The molecule has 1 aliphatic heterocycles. The fourth-order valence-electron chi connectivity index (χ4n) is 3.22. The quantitative estimate of drug-likeness (QED) is 0.497.